The number of aromatic nitrogens is 3. The van der Waals surface area contributed by atoms with Crippen LogP contribution in [0.4, 0.5) is 5.95 Å². The molecule has 0 aromatic carbocycles. The molecule has 1 fully saturated rings. The monoisotopic (exact) mass is 225 g/mol. The van der Waals surface area contributed by atoms with Crippen LogP contribution in [0.15, 0.2) is 0 Å². The smallest absolute Gasteiger partial charge is 0.244 e. The first kappa shape index (κ1) is 11.3. The average Bonchev–Trinajstić information content (AvgIpc) is 2.85. The van der Waals surface area contributed by atoms with Crippen molar-refractivity contribution in [3.8, 4) is 0 Å². The minimum absolute atomic E-state index is 0.0428. The molecule has 1 unspecified atom stereocenters. The van der Waals surface area contributed by atoms with Crippen LogP contribution in [-0.2, 0) is 5.41 Å². The third kappa shape index (κ3) is 2.03. The number of nitrogens with one attached hydrogen (secondary N) is 1. The van der Waals surface area contributed by atoms with Crippen LogP contribution in [0.1, 0.15) is 26.1 Å². The lowest BCUT2D eigenvalue weighted by molar-refractivity contribution is 0.212. The molecule has 90 valence electrons. The first-order valence-electron chi connectivity index (χ1n) is 5.57. The van der Waals surface area contributed by atoms with Crippen molar-refractivity contribution in [2.24, 2.45) is 5.73 Å². The zero-order chi connectivity index (χ0) is 11.8. The Hall–Kier alpha value is -1.14. The van der Waals surface area contributed by atoms with Gasteiger partial charge in [0.25, 0.3) is 0 Å². The molecule has 1 aromatic rings. The highest BCUT2D eigenvalue weighted by Gasteiger charge is 2.27. The summed E-state index contributed by atoms with van der Waals surface area (Å²) in [6.07, 6.45) is 0.979. The minimum atomic E-state index is -0.382. The van der Waals surface area contributed by atoms with Crippen molar-refractivity contribution < 1.29 is 5.11 Å². The predicted molar refractivity (Wildman–Crippen MR) is 61.3 cm³/mol. The summed E-state index contributed by atoms with van der Waals surface area (Å²) in [5.41, 5.74) is 5.45. The quantitative estimate of drug-likeness (QED) is 0.652. The summed E-state index contributed by atoms with van der Waals surface area (Å²) in [5, 5.41) is 16.3. The number of nitrogens with zero attached hydrogens (tertiary/aromatic N) is 3. The van der Waals surface area contributed by atoms with Crippen molar-refractivity contribution in [2.75, 3.05) is 24.6 Å². The molecular formula is C10H19N5O. The zero-order valence-electron chi connectivity index (χ0n) is 9.77. The molecule has 1 aliphatic rings. The van der Waals surface area contributed by atoms with Crippen molar-refractivity contribution in [1.82, 2.24) is 15.2 Å². The number of rotatable bonds is 3. The lowest BCUT2D eigenvalue weighted by Crippen LogP contribution is -2.27. The third-order valence-electron chi connectivity index (χ3n) is 3.02. The number of aliphatic hydroxyl groups is 1. The first-order chi connectivity index (χ1) is 7.53. The third-order valence-corrected chi connectivity index (χ3v) is 3.02. The fourth-order valence-electron chi connectivity index (χ4n) is 1.74. The molecule has 0 amide bonds. The van der Waals surface area contributed by atoms with Crippen LogP contribution in [0.25, 0.3) is 0 Å². The number of hydrogen-bond acceptors (Lipinski definition) is 5. The number of aromatic amines is 1. The summed E-state index contributed by atoms with van der Waals surface area (Å²) in [5.74, 6) is 1.40. The lowest BCUT2D eigenvalue weighted by Gasteiger charge is -2.17. The molecule has 1 saturated heterocycles. The number of anilines is 1. The molecule has 1 aliphatic heterocycles. The van der Waals surface area contributed by atoms with Crippen LogP contribution in [0.5, 0.6) is 0 Å². The van der Waals surface area contributed by atoms with E-state index < -0.39 is 0 Å². The van der Waals surface area contributed by atoms with Crippen molar-refractivity contribution in [2.45, 2.75) is 31.7 Å². The van der Waals surface area contributed by atoms with E-state index in [9.17, 15) is 5.11 Å². The number of hydrogen-bond donors (Lipinski definition) is 3. The topological polar surface area (TPSA) is 91.1 Å². The molecule has 2 heterocycles. The largest absolute Gasteiger partial charge is 0.395 e. The van der Waals surface area contributed by atoms with Crippen molar-refractivity contribution >= 4 is 5.95 Å². The van der Waals surface area contributed by atoms with Crippen LogP contribution in [0.3, 0.4) is 0 Å². The Morgan fingerprint density at radius 1 is 1.62 bits per heavy atom. The minimum Gasteiger partial charge on any atom is -0.395 e. The zero-order valence-corrected chi connectivity index (χ0v) is 9.77. The highest BCUT2D eigenvalue weighted by Crippen LogP contribution is 2.21. The molecule has 0 radical (unpaired) electrons. The van der Waals surface area contributed by atoms with Gasteiger partial charge in [-0.05, 0) is 6.42 Å². The number of H-pyrrole nitrogens is 1. The van der Waals surface area contributed by atoms with Crippen LogP contribution < -0.4 is 10.6 Å². The van der Waals surface area contributed by atoms with E-state index in [2.05, 4.69) is 20.1 Å². The van der Waals surface area contributed by atoms with Crippen molar-refractivity contribution in [1.29, 1.82) is 0 Å². The van der Waals surface area contributed by atoms with E-state index in [0.717, 1.165) is 19.5 Å². The second-order valence-electron chi connectivity index (χ2n) is 5.02. The molecule has 1 aromatic heterocycles. The molecule has 4 N–H and O–H groups in total. The average molecular weight is 225 g/mol. The number of nitrogens with two attached hydrogens (primary N) is 1. The van der Waals surface area contributed by atoms with Gasteiger partial charge in [0.1, 0.15) is 5.82 Å². The molecule has 1 atom stereocenters. The Balaban J connectivity index is 2.14. The molecule has 0 saturated carbocycles. The lowest BCUT2D eigenvalue weighted by atomic mass is 9.94. The predicted octanol–water partition coefficient (Wildman–Crippen LogP) is -0.388. The van der Waals surface area contributed by atoms with Gasteiger partial charge in [0, 0.05) is 24.5 Å². The van der Waals surface area contributed by atoms with Gasteiger partial charge < -0.3 is 15.7 Å². The van der Waals surface area contributed by atoms with E-state index in [1.165, 1.54) is 0 Å². The van der Waals surface area contributed by atoms with Crippen LogP contribution in [-0.4, -0.2) is 46.0 Å². The van der Waals surface area contributed by atoms with E-state index in [-0.39, 0.29) is 18.1 Å². The second kappa shape index (κ2) is 4.03. The van der Waals surface area contributed by atoms with E-state index >= 15 is 0 Å². The van der Waals surface area contributed by atoms with Crippen molar-refractivity contribution in [3.05, 3.63) is 5.82 Å². The Labute approximate surface area is 94.9 Å². The summed E-state index contributed by atoms with van der Waals surface area (Å²) in [6, 6.07) is 0.216. The van der Waals surface area contributed by atoms with Gasteiger partial charge in [-0.25, -0.2) is 0 Å². The van der Waals surface area contributed by atoms with Gasteiger partial charge in [-0.1, -0.05) is 13.8 Å². The first-order valence-corrected chi connectivity index (χ1v) is 5.57. The Morgan fingerprint density at radius 3 is 2.94 bits per heavy atom. The van der Waals surface area contributed by atoms with Crippen LogP contribution >= 0.6 is 0 Å². The second-order valence-corrected chi connectivity index (χ2v) is 5.02. The summed E-state index contributed by atoms with van der Waals surface area (Å²) in [7, 11) is 0. The van der Waals surface area contributed by atoms with Gasteiger partial charge in [-0.3, -0.25) is 5.10 Å². The molecule has 16 heavy (non-hydrogen) atoms. The van der Waals surface area contributed by atoms with E-state index in [1.54, 1.807) is 0 Å². The standard InChI is InChI=1S/C10H19N5O/c1-10(2,6-16)8-12-9(14-13-8)15-4-3-7(11)5-15/h7,16H,3-6,11H2,1-2H3,(H,12,13,14). The maximum Gasteiger partial charge on any atom is 0.244 e. The molecule has 6 heteroatoms. The van der Waals surface area contributed by atoms with Crippen LogP contribution in [0.2, 0.25) is 0 Å². The van der Waals surface area contributed by atoms with Crippen molar-refractivity contribution in [3.63, 3.8) is 0 Å². The Kier molecular flexibility index (Phi) is 2.86. The fourth-order valence-corrected chi connectivity index (χ4v) is 1.74. The van der Waals surface area contributed by atoms with Gasteiger partial charge in [0.2, 0.25) is 5.95 Å². The molecule has 0 spiro atoms. The highest BCUT2D eigenvalue weighted by atomic mass is 16.3. The summed E-state index contributed by atoms with van der Waals surface area (Å²) >= 11 is 0. The fraction of sp³-hybridized carbons (Fsp3) is 0.800. The van der Waals surface area contributed by atoms with Gasteiger partial charge in [-0.15, -0.1) is 5.10 Å². The van der Waals surface area contributed by atoms with E-state index in [4.69, 9.17) is 5.73 Å². The molecule has 0 aliphatic carbocycles. The highest BCUT2D eigenvalue weighted by molar-refractivity contribution is 5.32. The molecule has 0 bridgehead atoms. The molecule has 6 nitrogen and oxygen atoms in total. The normalized spacial score (nSPS) is 21.8. The number of aliphatic hydroxyl groups excluding tert-OH is 1. The van der Waals surface area contributed by atoms with E-state index in [0.29, 0.717) is 11.8 Å². The maximum atomic E-state index is 9.24. The Morgan fingerprint density at radius 2 is 2.38 bits per heavy atom. The summed E-state index contributed by atoms with van der Waals surface area (Å²) in [6.45, 7) is 5.59. The van der Waals surface area contributed by atoms with Gasteiger partial charge in [-0.2, -0.15) is 4.98 Å². The summed E-state index contributed by atoms with van der Waals surface area (Å²) < 4.78 is 0. The van der Waals surface area contributed by atoms with Gasteiger partial charge in [0.05, 0.1) is 6.61 Å². The SMILES string of the molecule is CC(C)(CO)c1nc(N2CCC(N)C2)n[nH]1. The van der Waals surface area contributed by atoms with Crippen LogP contribution in [0, 0.1) is 0 Å². The van der Waals surface area contributed by atoms with E-state index in [1.807, 2.05) is 13.8 Å². The summed E-state index contributed by atoms with van der Waals surface area (Å²) in [4.78, 5) is 6.48. The maximum absolute atomic E-state index is 9.24. The Bertz CT molecular complexity index is 362. The van der Waals surface area contributed by atoms with Gasteiger partial charge in [0.15, 0.2) is 0 Å². The molecular weight excluding hydrogens is 206 g/mol. The molecule has 2 rings (SSSR count). The van der Waals surface area contributed by atoms with Gasteiger partial charge >= 0.3 is 0 Å².